The van der Waals surface area contributed by atoms with Crippen molar-refractivity contribution in [2.75, 3.05) is 6.54 Å². The normalized spacial score (nSPS) is 10.7. The fourth-order valence-corrected chi connectivity index (χ4v) is 3.69. The fourth-order valence-electron chi connectivity index (χ4n) is 3.69. The second-order valence-corrected chi connectivity index (χ2v) is 8.03. The molecule has 0 spiro atoms. The van der Waals surface area contributed by atoms with Gasteiger partial charge in [0, 0.05) is 18.7 Å². The molecule has 33 heavy (non-hydrogen) atoms. The van der Waals surface area contributed by atoms with E-state index in [4.69, 9.17) is 0 Å². The first kappa shape index (κ1) is 24.0. The van der Waals surface area contributed by atoms with Gasteiger partial charge >= 0.3 is 5.97 Å². The molecule has 2 N–H and O–H groups in total. The van der Waals surface area contributed by atoms with Crippen LogP contribution in [0.1, 0.15) is 58.9 Å². The molecule has 0 aliphatic heterocycles. The maximum atomic E-state index is 13.3. The van der Waals surface area contributed by atoms with Crippen molar-refractivity contribution in [3.63, 3.8) is 0 Å². The minimum absolute atomic E-state index is 0.151. The van der Waals surface area contributed by atoms with E-state index < -0.39 is 5.97 Å². The van der Waals surface area contributed by atoms with Crippen molar-refractivity contribution in [2.24, 2.45) is 0 Å². The number of hydrogen-bond acceptors (Lipinski definition) is 3. The van der Waals surface area contributed by atoms with Crippen LogP contribution >= 0.6 is 0 Å². The molecule has 0 saturated heterocycles. The maximum absolute atomic E-state index is 13.3. The van der Waals surface area contributed by atoms with E-state index >= 15 is 0 Å². The molecule has 1 amide bonds. The zero-order valence-electron chi connectivity index (χ0n) is 18.6. The van der Waals surface area contributed by atoms with Gasteiger partial charge in [-0.05, 0) is 59.5 Å². The molecule has 0 atom stereocenters. The number of halogens is 1. The Morgan fingerprint density at radius 1 is 0.879 bits per heavy atom. The molecule has 0 radical (unpaired) electrons. The molecule has 172 valence electrons. The number of phenols is 1. The van der Waals surface area contributed by atoms with Crippen LogP contribution in [0.25, 0.3) is 11.1 Å². The van der Waals surface area contributed by atoms with E-state index in [9.17, 15) is 24.2 Å². The lowest BCUT2D eigenvalue weighted by Gasteiger charge is -2.23. The van der Waals surface area contributed by atoms with Crippen LogP contribution < -0.4 is 0 Å². The summed E-state index contributed by atoms with van der Waals surface area (Å²) in [6.45, 7) is 2.91. The number of aromatic carboxylic acids is 1. The molecule has 0 bridgehead atoms. The Kier molecular flexibility index (Phi) is 8.19. The van der Waals surface area contributed by atoms with E-state index in [1.165, 1.54) is 24.3 Å². The largest absolute Gasteiger partial charge is 0.507 e. The summed E-state index contributed by atoms with van der Waals surface area (Å²) in [5.41, 5.74) is 2.71. The van der Waals surface area contributed by atoms with E-state index in [-0.39, 0.29) is 29.6 Å². The Balaban J connectivity index is 1.80. The van der Waals surface area contributed by atoms with Gasteiger partial charge in [0.1, 0.15) is 17.1 Å². The van der Waals surface area contributed by atoms with Crippen molar-refractivity contribution >= 4 is 11.9 Å². The standard InChI is InChI=1S/C27H28FNO4/c1-2-3-4-5-16-29(18-19-6-15-25(30)24(17-19)27(32)33)26(31)22-9-7-20(8-10-22)21-11-13-23(28)14-12-21/h6-15,17,30H,2-5,16,18H2,1H3,(H,32,33). The highest BCUT2D eigenvalue weighted by Gasteiger charge is 2.18. The van der Waals surface area contributed by atoms with Crippen molar-refractivity contribution in [1.29, 1.82) is 0 Å². The number of nitrogens with zero attached hydrogens (tertiary/aromatic N) is 1. The summed E-state index contributed by atoms with van der Waals surface area (Å²) in [4.78, 5) is 26.4. The van der Waals surface area contributed by atoms with Gasteiger partial charge in [0.15, 0.2) is 0 Å². The van der Waals surface area contributed by atoms with E-state index in [2.05, 4.69) is 6.92 Å². The highest BCUT2D eigenvalue weighted by molar-refractivity contribution is 5.95. The lowest BCUT2D eigenvalue weighted by Crippen LogP contribution is -2.31. The molecule has 6 heteroatoms. The van der Waals surface area contributed by atoms with E-state index in [1.807, 2.05) is 12.1 Å². The average molecular weight is 450 g/mol. The van der Waals surface area contributed by atoms with Crippen LogP contribution in [0.3, 0.4) is 0 Å². The molecule has 5 nitrogen and oxygen atoms in total. The Bertz CT molecular complexity index is 1090. The molecule has 3 rings (SSSR count). The molecule has 0 aliphatic rings. The first-order chi connectivity index (χ1) is 15.9. The molecule has 3 aromatic carbocycles. The van der Waals surface area contributed by atoms with Gasteiger partial charge in [-0.2, -0.15) is 0 Å². The minimum atomic E-state index is -1.22. The number of rotatable bonds is 10. The summed E-state index contributed by atoms with van der Waals surface area (Å²) in [5, 5.41) is 19.1. The highest BCUT2D eigenvalue weighted by Crippen LogP contribution is 2.23. The van der Waals surface area contributed by atoms with Gasteiger partial charge in [-0.25, -0.2) is 9.18 Å². The topological polar surface area (TPSA) is 77.8 Å². The summed E-state index contributed by atoms with van der Waals surface area (Å²) in [7, 11) is 0. The quantitative estimate of drug-likeness (QED) is 0.366. The first-order valence-electron chi connectivity index (χ1n) is 11.1. The Morgan fingerprint density at radius 3 is 2.12 bits per heavy atom. The van der Waals surface area contributed by atoms with Crippen LogP contribution in [0.15, 0.2) is 66.7 Å². The first-order valence-corrected chi connectivity index (χ1v) is 11.1. The number of benzene rings is 3. The Morgan fingerprint density at radius 2 is 1.52 bits per heavy atom. The number of carboxylic acid groups (broad SMARTS) is 1. The molecule has 0 fully saturated rings. The van der Waals surface area contributed by atoms with E-state index in [1.54, 1.807) is 35.2 Å². The lowest BCUT2D eigenvalue weighted by molar-refractivity contribution is 0.0693. The zero-order valence-corrected chi connectivity index (χ0v) is 18.6. The van der Waals surface area contributed by atoms with Gasteiger partial charge in [0.05, 0.1) is 0 Å². The van der Waals surface area contributed by atoms with E-state index in [0.717, 1.165) is 36.8 Å². The number of carbonyl (C=O) groups excluding carboxylic acids is 1. The monoisotopic (exact) mass is 449 g/mol. The Hall–Kier alpha value is -3.67. The van der Waals surface area contributed by atoms with Gasteiger partial charge in [-0.3, -0.25) is 4.79 Å². The summed E-state index contributed by atoms with van der Waals surface area (Å²) < 4.78 is 13.2. The van der Waals surface area contributed by atoms with Crippen LogP contribution in [0, 0.1) is 5.82 Å². The van der Waals surface area contributed by atoms with Crippen molar-refractivity contribution in [2.45, 2.75) is 39.2 Å². The minimum Gasteiger partial charge on any atom is -0.507 e. The Labute approximate surface area is 193 Å². The van der Waals surface area contributed by atoms with Crippen molar-refractivity contribution in [1.82, 2.24) is 4.90 Å². The highest BCUT2D eigenvalue weighted by atomic mass is 19.1. The van der Waals surface area contributed by atoms with Crippen LogP contribution in [-0.2, 0) is 6.54 Å². The number of hydrogen-bond donors (Lipinski definition) is 2. The molecule has 3 aromatic rings. The van der Waals surface area contributed by atoms with Crippen LogP contribution in [0.5, 0.6) is 5.75 Å². The SMILES string of the molecule is CCCCCCN(Cc1ccc(O)c(C(=O)O)c1)C(=O)c1ccc(-c2ccc(F)cc2)cc1. The van der Waals surface area contributed by atoms with Gasteiger partial charge in [0.2, 0.25) is 0 Å². The van der Waals surface area contributed by atoms with Gasteiger partial charge in [0.25, 0.3) is 5.91 Å². The van der Waals surface area contributed by atoms with Gasteiger partial charge < -0.3 is 15.1 Å². The maximum Gasteiger partial charge on any atom is 0.339 e. The van der Waals surface area contributed by atoms with Crippen molar-refractivity contribution in [3.8, 4) is 16.9 Å². The van der Waals surface area contributed by atoms with Crippen LogP contribution in [0.4, 0.5) is 4.39 Å². The van der Waals surface area contributed by atoms with Crippen molar-refractivity contribution < 1.29 is 24.2 Å². The summed E-state index contributed by atoms with van der Waals surface area (Å²) in [6.07, 6.45) is 4.01. The average Bonchev–Trinajstić information content (AvgIpc) is 2.82. The van der Waals surface area contributed by atoms with Gasteiger partial charge in [-0.15, -0.1) is 0 Å². The van der Waals surface area contributed by atoms with Crippen LogP contribution in [0.2, 0.25) is 0 Å². The number of amides is 1. The lowest BCUT2D eigenvalue weighted by atomic mass is 10.0. The summed E-state index contributed by atoms with van der Waals surface area (Å²) in [5.74, 6) is -1.97. The fraction of sp³-hybridized carbons (Fsp3) is 0.259. The molecule has 0 aromatic heterocycles. The smallest absolute Gasteiger partial charge is 0.339 e. The van der Waals surface area contributed by atoms with E-state index in [0.29, 0.717) is 17.7 Å². The molecular formula is C27H28FNO4. The molecule has 0 heterocycles. The molecule has 0 unspecified atom stereocenters. The third-order valence-electron chi connectivity index (χ3n) is 5.54. The molecule has 0 aliphatic carbocycles. The second kappa shape index (κ2) is 11.3. The molecule has 0 saturated carbocycles. The summed E-state index contributed by atoms with van der Waals surface area (Å²) in [6, 6.07) is 17.7. The third kappa shape index (κ3) is 6.42. The number of unbranched alkanes of at least 4 members (excludes halogenated alkanes) is 3. The number of carbonyl (C=O) groups is 2. The summed E-state index contributed by atoms with van der Waals surface area (Å²) >= 11 is 0. The third-order valence-corrected chi connectivity index (χ3v) is 5.54. The second-order valence-electron chi connectivity index (χ2n) is 8.03. The van der Waals surface area contributed by atoms with Crippen molar-refractivity contribution in [3.05, 3.63) is 89.2 Å². The van der Waals surface area contributed by atoms with Crippen LogP contribution in [-0.4, -0.2) is 33.5 Å². The molecular weight excluding hydrogens is 421 g/mol. The van der Waals surface area contributed by atoms with Gasteiger partial charge in [-0.1, -0.05) is 56.5 Å². The predicted octanol–water partition coefficient (Wildman–Crippen LogP) is 6.12. The number of carboxylic acids is 1. The predicted molar refractivity (Wildman–Crippen MR) is 126 cm³/mol. The zero-order chi connectivity index (χ0) is 23.8. The number of aromatic hydroxyl groups is 1.